The first-order chi connectivity index (χ1) is 22.5. The average molecular weight is 749 g/mol. The number of nitrogens with zero attached hydrogens (tertiary/aromatic N) is 3. The van der Waals surface area contributed by atoms with Gasteiger partial charge < -0.3 is 57.6 Å². The maximum Gasteiger partial charge on any atom is 0.379 e. The molecule has 282 valence electrons. The van der Waals surface area contributed by atoms with Crippen LogP contribution in [0.1, 0.15) is 59.3 Å². The minimum absolute atomic E-state index is 0. The molecule has 0 aromatic heterocycles. The molecule has 0 aliphatic carbocycles. The summed E-state index contributed by atoms with van der Waals surface area (Å²) in [6.07, 6.45) is -2.56. The normalized spacial score (nSPS) is 22.2. The Kier molecular flexibility index (Phi) is 21.9. The molecule has 1 saturated heterocycles. The van der Waals surface area contributed by atoms with Crippen LogP contribution in [-0.4, -0.2) is 157 Å². The van der Waals surface area contributed by atoms with Gasteiger partial charge >= 0.3 is 5.90 Å². The Morgan fingerprint density at radius 2 is 1.08 bits per heavy atom. The quantitative estimate of drug-likeness (QED) is 0.0152. The summed E-state index contributed by atoms with van der Waals surface area (Å²) in [5, 5.41) is 73.6. The molecule has 1 heterocycles. The number of nitrogens with one attached hydrogen (secondary N) is 6. The molecular formula is C27H50FeN9O12+. The van der Waals surface area contributed by atoms with Crippen molar-refractivity contribution in [3.63, 3.8) is 0 Å². The summed E-state index contributed by atoms with van der Waals surface area (Å²) in [5.74, 6) is -5.21. The number of aliphatic hydroxyl groups excluding tert-OH is 3. The van der Waals surface area contributed by atoms with Gasteiger partial charge in [-0.3, -0.25) is 34.0 Å². The van der Waals surface area contributed by atoms with Crippen molar-refractivity contribution >= 4 is 41.3 Å². The minimum atomic E-state index is -1.36. The van der Waals surface area contributed by atoms with Gasteiger partial charge in [-0.05, 0) is 46.0 Å². The molecule has 1 aliphatic rings. The molecule has 12 N–H and O–H groups in total. The predicted octanol–water partition coefficient (Wildman–Crippen LogP) is -4.42. The third-order valence-corrected chi connectivity index (χ3v) is 7.09. The van der Waals surface area contributed by atoms with Crippen LogP contribution in [-0.2, 0) is 45.8 Å². The number of hydrogen-bond acceptors (Lipinski definition) is 13. The van der Waals surface area contributed by atoms with Crippen molar-refractivity contribution < 1.29 is 81.5 Å². The molecule has 1 fully saturated rings. The maximum atomic E-state index is 13.6. The van der Waals surface area contributed by atoms with Gasteiger partial charge in [-0.15, -0.1) is 0 Å². The summed E-state index contributed by atoms with van der Waals surface area (Å²) in [5.41, 5.74) is 0. The van der Waals surface area contributed by atoms with Crippen LogP contribution in [0, 0.1) is 0 Å². The number of rotatable bonds is 14. The number of amides is 6. The number of carbonyl (C=O) groups excluding carboxylic acids is 6. The molecule has 0 spiro atoms. The molecule has 0 bridgehead atoms. The van der Waals surface area contributed by atoms with Gasteiger partial charge in [0.15, 0.2) is 6.54 Å². The second-order valence-electron chi connectivity index (χ2n) is 11.2. The van der Waals surface area contributed by atoms with E-state index in [2.05, 4.69) is 31.9 Å². The van der Waals surface area contributed by atoms with Gasteiger partial charge in [-0.2, -0.15) is 10.1 Å². The predicted molar refractivity (Wildman–Crippen MR) is 163 cm³/mol. The summed E-state index contributed by atoms with van der Waals surface area (Å²) >= 11 is 0. The third kappa shape index (κ3) is 18.6. The van der Waals surface area contributed by atoms with Crippen molar-refractivity contribution in [1.82, 2.24) is 42.0 Å². The summed E-state index contributed by atoms with van der Waals surface area (Å²) in [4.78, 5) is 77.2. The molecular weight excluding hydrogens is 698 g/mol. The van der Waals surface area contributed by atoms with Gasteiger partial charge in [-0.25, -0.2) is 0 Å². The standard InChI is InChI=1S/C27H49N9O12.Fe/c1-16(37)34(46)10-4-7-19-25(43)30-14-23(41)28-13-22(40)29-15-24(42)31-20(8-5-11-35(47)17(2)38)26(44)33-21(27(45)32-19)9-6-12-36(48)18(3)39;/h16,18-21,37,39,46-48H,4-15H2,1-3H3,(H6,28,29,30,31,32,33,40,41,42,43,44,45);/p+1/t16?,18?,19?,20-,21-;/m0./s1. The van der Waals surface area contributed by atoms with E-state index in [1.54, 1.807) is 0 Å². The average Bonchev–Trinajstić information content (AvgIpc) is 3.02. The van der Waals surface area contributed by atoms with Gasteiger partial charge in [0.1, 0.15) is 30.6 Å². The summed E-state index contributed by atoms with van der Waals surface area (Å²) < 4.78 is 0.525. The van der Waals surface area contributed by atoms with Gasteiger partial charge in [0.05, 0.1) is 26.6 Å². The first kappa shape index (κ1) is 45.4. The molecule has 0 saturated carbocycles. The fourth-order valence-electron chi connectivity index (χ4n) is 4.27. The molecule has 0 radical (unpaired) electrons. The number of hydroxylamine groups is 5. The van der Waals surface area contributed by atoms with Crippen LogP contribution in [0.15, 0.2) is 0 Å². The minimum Gasteiger partial charge on any atom is -0.461 e. The molecule has 1 aliphatic heterocycles. The number of hydrogen-bond donors (Lipinski definition) is 12. The Morgan fingerprint density at radius 1 is 0.694 bits per heavy atom. The summed E-state index contributed by atoms with van der Waals surface area (Å²) in [6.45, 7) is 1.79. The molecule has 21 nitrogen and oxygen atoms in total. The van der Waals surface area contributed by atoms with E-state index in [-0.39, 0.29) is 75.2 Å². The third-order valence-electron chi connectivity index (χ3n) is 7.09. The van der Waals surface area contributed by atoms with Crippen LogP contribution in [0.4, 0.5) is 0 Å². The van der Waals surface area contributed by atoms with Crippen LogP contribution in [0.25, 0.3) is 0 Å². The van der Waals surface area contributed by atoms with E-state index in [4.69, 9.17) is 0 Å². The second kappa shape index (κ2) is 23.7. The summed E-state index contributed by atoms with van der Waals surface area (Å²) in [6, 6.07) is -3.96. The SMILES string of the molecule is C/C(O)=[N+](/O)CCC[C@@H]1NC(=O)CNC(=O)CNC(=O)CNC(=O)C(CCCN(O)C(C)O)NC(=O)[C@H](CCCN(O)C(C)O)NC1=O.[Fe]. The molecule has 6 amide bonds. The smallest absolute Gasteiger partial charge is 0.379 e. The van der Waals surface area contributed by atoms with Crippen LogP contribution in [0.5, 0.6) is 0 Å². The molecule has 49 heavy (non-hydrogen) atoms. The van der Waals surface area contributed by atoms with Crippen molar-refractivity contribution in [3.05, 3.63) is 0 Å². The maximum absolute atomic E-state index is 13.6. The van der Waals surface area contributed by atoms with E-state index in [0.29, 0.717) is 14.9 Å². The van der Waals surface area contributed by atoms with E-state index in [1.165, 1.54) is 20.8 Å². The van der Waals surface area contributed by atoms with Crippen LogP contribution >= 0.6 is 0 Å². The van der Waals surface area contributed by atoms with Crippen LogP contribution < -0.4 is 31.9 Å². The Bertz CT molecular complexity index is 1140. The number of aliphatic hydroxyl groups is 3. The fourth-order valence-corrected chi connectivity index (χ4v) is 4.27. The molecule has 3 unspecified atom stereocenters. The van der Waals surface area contributed by atoms with Crippen molar-refractivity contribution in [2.75, 3.05) is 39.3 Å². The van der Waals surface area contributed by atoms with E-state index >= 15 is 0 Å². The zero-order valence-electron chi connectivity index (χ0n) is 27.7. The first-order valence-electron chi connectivity index (χ1n) is 15.5. The Hall–Kier alpha value is -3.63. The van der Waals surface area contributed by atoms with Crippen molar-refractivity contribution in [1.29, 1.82) is 0 Å². The van der Waals surface area contributed by atoms with Crippen molar-refractivity contribution in [2.45, 2.75) is 89.9 Å². The Balaban J connectivity index is 0.0000230. The molecule has 5 atom stereocenters. The zero-order chi connectivity index (χ0) is 36.4. The largest absolute Gasteiger partial charge is 0.461 e. The van der Waals surface area contributed by atoms with E-state index in [9.17, 15) is 59.7 Å². The molecule has 22 heteroatoms. The van der Waals surface area contributed by atoms with E-state index in [0.717, 1.165) is 0 Å². The van der Waals surface area contributed by atoms with Crippen molar-refractivity contribution in [2.24, 2.45) is 0 Å². The van der Waals surface area contributed by atoms with Gasteiger partial charge in [0.2, 0.25) is 35.4 Å². The molecule has 1 rings (SSSR count). The topological polar surface area (TPSA) is 305 Å². The Morgan fingerprint density at radius 3 is 1.53 bits per heavy atom. The van der Waals surface area contributed by atoms with Gasteiger partial charge in [-0.1, -0.05) is 0 Å². The second-order valence-corrected chi connectivity index (χ2v) is 11.2. The zero-order valence-corrected chi connectivity index (χ0v) is 28.8. The van der Waals surface area contributed by atoms with Crippen LogP contribution in [0.2, 0.25) is 0 Å². The first-order valence-corrected chi connectivity index (χ1v) is 15.5. The summed E-state index contributed by atoms with van der Waals surface area (Å²) in [7, 11) is 0. The Labute approximate surface area is 293 Å². The fraction of sp³-hybridized carbons (Fsp3) is 0.741. The van der Waals surface area contributed by atoms with E-state index in [1.807, 2.05) is 0 Å². The number of carbonyl (C=O) groups is 6. The monoisotopic (exact) mass is 748 g/mol. The van der Waals surface area contributed by atoms with Crippen LogP contribution in [0.3, 0.4) is 0 Å². The molecule has 0 aromatic rings. The molecule has 0 aromatic carbocycles. The van der Waals surface area contributed by atoms with Gasteiger partial charge in [0, 0.05) is 41.3 Å². The van der Waals surface area contributed by atoms with Crippen molar-refractivity contribution in [3.8, 4) is 0 Å². The van der Waals surface area contributed by atoms with E-state index < -0.39 is 91.6 Å². The van der Waals surface area contributed by atoms with Gasteiger partial charge in [0.25, 0.3) is 0 Å².